The highest BCUT2D eigenvalue weighted by molar-refractivity contribution is 6.00. The van der Waals surface area contributed by atoms with Crippen molar-refractivity contribution in [3.8, 4) is 11.3 Å². The third-order valence-corrected chi connectivity index (χ3v) is 4.14. The molecule has 1 unspecified atom stereocenters. The molecule has 22 heavy (non-hydrogen) atoms. The molecule has 4 rings (SSSR count). The molecular weight excluding hydrogens is 272 g/mol. The van der Waals surface area contributed by atoms with E-state index in [1.54, 1.807) is 0 Å². The smallest absolute Gasteiger partial charge is 0.156 e. The summed E-state index contributed by atoms with van der Waals surface area (Å²) in [6.45, 7) is 2.04. The fourth-order valence-corrected chi connectivity index (χ4v) is 2.99. The van der Waals surface area contributed by atoms with Gasteiger partial charge in [-0.2, -0.15) is 0 Å². The van der Waals surface area contributed by atoms with Crippen LogP contribution in [0.25, 0.3) is 22.0 Å². The van der Waals surface area contributed by atoms with Crippen molar-refractivity contribution in [2.75, 3.05) is 18.4 Å². The fraction of sp³-hybridized carbons (Fsp3) is 0.222. The van der Waals surface area contributed by atoms with E-state index in [9.17, 15) is 0 Å². The number of rotatable bonds is 3. The van der Waals surface area contributed by atoms with Gasteiger partial charge in [0.2, 0.25) is 0 Å². The van der Waals surface area contributed by atoms with Crippen LogP contribution in [0.1, 0.15) is 6.42 Å². The molecule has 0 bridgehead atoms. The second-order valence-electron chi connectivity index (χ2n) is 5.64. The Hall–Kier alpha value is -2.46. The van der Waals surface area contributed by atoms with Gasteiger partial charge in [0, 0.05) is 28.9 Å². The molecule has 2 N–H and O–H groups in total. The molecule has 2 aromatic carbocycles. The third kappa shape index (κ3) is 2.42. The number of nitrogens with zero attached hydrogens (tertiary/aromatic N) is 2. The van der Waals surface area contributed by atoms with Gasteiger partial charge in [0.15, 0.2) is 5.82 Å². The number of hydrogen-bond donors (Lipinski definition) is 2. The number of hydrogen-bond acceptors (Lipinski definition) is 4. The highest BCUT2D eigenvalue weighted by Gasteiger charge is 2.17. The Morgan fingerprint density at radius 3 is 2.45 bits per heavy atom. The van der Waals surface area contributed by atoms with Crippen molar-refractivity contribution in [1.82, 2.24) is 15.5 Å². The first-order chi connectivity index (χ1) is 10.9. The van der Waals surface area contributed by atoms with Crippen LogP contribution >= 0.6 is 0 Å². The highest BCUT2D eigenvalue weighted by Crippen LogP contribution is 2.29. The van der Waals surface area contributed by atoms with Gasteiger partial charge in [0.05, 0.1) is 0 Å². The van der Waals surface area contributed by atoms with E-state index in [1.807, 2.05) is 18.2 Å². The third-order valence-electron chi connectivity index (χ3n) is 4.14. The summed E-state index contributed by atoms with van der Waals surface area (Å²) in [5.41, 5.74) is 2.03. The van der Waals surface area contributed by atoms with Crippen LogP contribution in [0.4, 0.5) is 5.82 Å². The minimum Gasteiger partial charge on any atom is -0.364 e. The molecule has 0 saturated carbocycles. The Bertz CT molecular complexity index is 779. The van der Waals surface area contributed by atoms with E-state index in [2.05, 4.69) is 57.2 Å². The summed E-state index contributed by atoms with van der Waals surface area (Å²) in [4.78, 5) is 0. The molecule has 1 aliphatic rings. The van der Waals surface area contributed by atoms with Crippen molar-refractivity contribution >= 4 is 16.6 Å². The summed E-state index contributed by atoms with van der Waals surface area (Å²) in [6, 6.07) is 19.0. The molecule has 1 saturated heterocycles. The average Bonchev–Trinajstić information content (AvgIpc) is 3.09. The molecule has 0 spiro atoms. The van der Waals surface area contributed by atoms with Gasteiger partial charge in [-0.15, -0.1) is 10.2 Å². The van der Waals surface area contributed by atoms with Gasteiger partial charge in [0.25, 0.3) is 0 Å². The monoisotopic (exact) mass is 290 g/mol. The van der Waals surface area contributed by atoms with Crippen molar-refractivity contribution in [3.05, 3.63) is 54.6 Å². The maximum Gasteiger partial charge on any atom is 0.156 e. The van der Waals surface area contributed by atoms with Crippen molar-refractivity contribution in [2.45, 2.75) is 12.5 Å². The number of aromatic nitrogens is 2. The zero-order valence-corrected chi connectivity index (χ0v) is 12.3. The maximum absolute atomic E-state index is 4.49. The Kier molecular flexibility index (Phi) is 3.45. The standard InChI is InChI=1S/C18H18N4/c1-2-6-13(7-3-1)17-15-8-4-5-9-16(15)18(22-21-17)20-14-10-11-19-12-14/h1-9,14,19H,10-12H2,(H,20,22). The van der Waals surface area contributed by atoms with Crippen molar-refractivity contribution in [3.63, 3.8) is 0 Å². The molecule has 1 aliphatic heterocycles. The van der Waals surface area contributed by atoms with Crippen LogP contribution in [0.15, 0.2) is 54.6 Å². The van der Waals surface area contributed by atoms with Crippen LogP contribution in [0.3, 0.4) is 0 Å². The average molecular weight is 290 g/mol. The van der Waals surface area contributed by atoms with Crippen molar-refractivity contribution in [1.29, 1.82) is 0 Å². The molecule has 2 heterocycles. The first-order valence-electron chi connectivity index (χ1n) is 7.70. The SMILES string of the molecule is c1ccc(-c2nnc(NC3CCNC3)c3ccccc23)cc1. The zero-order valence-electron chi connectivity index (χ0n) is 12.3. The van der Waals surface area contributed by atoms with Gasteiger partial charge in [0.1, 0.15) is 5.69 Å². The van der Waals surface area contributed by atoms with E-state index in [4.69, 9.17) is 0 Å². The topological polar surface area (TPSA) is 49.8 Å². The van der Waals surface area contributed by atoms with Gasteiger partial charge in [-0.1, -0.05) is 54.6 Å². The van der Waals surface area contributed by atoms with Crippen molar-refractivity contribution < 1.29 is 0 Å². The molecule has 0 amide bonds. The summed E-state index contributed by atoms with van der Waals surface area (Å²) in [5, 5.41) is 18.1. The van der Waals surface area contributed by atoms with Crippen LogP contribution in [-0.4, -0.2) is 29.3 Å². The second-order valence-corrected chi connectivity index (χ2v) is 5.64. The normalized spacial score (nSPS) is 17.7. The minimum atomic E-state index is 0.431. The lowest BCUT2D eigenvalue weighted by atomic mass is 10.0. The lowest BCUT2D eigenvalue weighted by Gasteiger charge is -2.15. The molecule has 4 nitrogen and oxygen atoms in total. The van der Waals surface area contributed by atoms with E-state index in [-0.39, 0.29) is 0 Å². The molecule has 1 aromatic heterocycles. The molecule has 3 aromatic rings. The van der Waals surface area contributed by atoms with Gasteiger partial charge in [-0.05, 0) is 13.0 Å². The lowest BCUT2D eigenvalue weighted by molar-refractivity contribution is 0.785. The van der Waals surface area contributed by atoms with Crippen LogP contribution in [-0.2, 0) is 0 Å². The van der Waals surface area contributed by atoms with E-state index >= 15 is 0 Å². The summed E-state index contributed by atoms with van der Waals surface area (Å²) >= 11 is 0. The highest BCUT2D eigenvalue weighted by atomic mass is 15.2. The van der Waals surface area contributed by atoms with Gasteiger partial charge < -0.3 is 10.6 Å². The van der Waals surface area contributed by atoms with Crippen molar-refractivity contribution in [2.24, 2.45) is 0 Å². The number of nitrogens with one attached hydrogen (secondary N) is 2. The molecule has 0 radical (unpaired) electrons. The fourth-order valence-electron chi connectivity index (χ4n) is 2.99. The largest absolute Gasteiger partial charge is 0.364 e. The zero-order chi connectivity index (χ0) is 14.8. The molecule has 4 heteroatoms. The Labute approximate surface area is 129 Å². The van der Waals surface area contributed by atoms with Gasteiger partial charge in [-0.3, -0.25) is 0 Å². The Morgan fingerprint density at radius 2 is 1.68 bits per heavy atom. The number of benzene rings is 2. The second kappa shape index (κ2) is 5.73. The molecular formula is C18H18N4. The van der Waals surface area contributed by atoms with E-state index in [1.165, 1.54) is 0 Å². The molecule has 110 valence electrons. The lowest BCUT2D eigenvalue weighted by Crippen LogP contribution is -2.23. The Morgan fingerprint density at radius 1 is 0.909 bits per heavy atom. The first-order valence-corrected chi connectivity index (χ1v) is 7.70. The van der Waals surface area contributed by atoms with Gasteiger partial charge in [-0.25, -0.2) is 0 Å². The van der Waals surface area contributed by atoms with Crippen LogP contribution in [0, 0.1) is 0 Å². The number of anilines is 1. The molecule has 0 aliphatic carbocycles. The van der Waals surface area contributed by atoms with Gasteiger partial charge >= 0.3 is 0 Å². The minimum absolute atomic E-state index is 0.431. The van der Waals surface area contributed by atoms with Crippen LogP contribution in [0.5, 0.6) is 0 Å². The van der Waals surface area contributed by atoms with Crippen LogP contribution in [0.2, 0.25) is 0 Å². The van der Waals surface area contributed by atoms with E-state index in [0.29, 0.717) is 6.04 Å². The molecule has 1 atom stereocenters. The summed E-state index contributed by atoms with van der Waals surface area (Å²) in [6.07, 6.45) is 1.12. The molecule has 1 fully saturated rings. The van der Waals surface area contributed by atoms with E-state index in [0.717, 1.165) is 47.4 Å². The number of fused-ring (bicyclic) bond motifs is 1. The summed E-state index contributed by atoms with van der Waals surface area (Å²) in [5.74, 6) is 0.879. The summed E-state index contributed by atoms with van der Waals surface area (Å²) < 4.78 is 0. The first kappa shape index (κ1) is 13.2. The Balaban J connectivity index is 1.81. The summed E-state index contributed by atoms with van der Waals surface area (Å²) in [7, 11) is 0. The predicted octanol–water partition coefficient (Wildman–Crippen LogP) is 3.07. The predicted molar refractivity (Wildman–Crippen MR) is 89.9 cm³/mol. The van der Waals surface area contributed by atoms with Crippen LogP contribution < -0.4 is 10.6 Å². The maximum atomic E-state index is 4.49. The van der Waals surface area contributed by atoms with E-state index < -0.39 is 0 Å². The quantitative estimate of drug-likeness (QED) is 0.778.